The molecule has 6 heteroatoms. The lowest BCUT2D eigenvalue weighted by atomic mass is 11.4. The Labute approximate surface area is 59.9 Å². The Balaban J connectivity index is 2.97. The molecular formula is C4H9N5Si. The molecule has 5 nitrogen and oxygen atoms in total. The van der Waals surface area contributed by atoms with Crippen molar-refractivity contribution in [2.45, 2.75) is 19.6 Å². The van der Waals surface area contributed by atoms with Crippen LogP contribution >= 0.6 is 0 Å². The fraction of sp³-hybridized carbons (Fsp3) is 0.750. The molecule has 1 rings (SSSR count). The lowest BCUT2D eigenvalue weighted by Crippen LogP contribution is -2.43. The van der Waals surface area contributed by atoms with Gasteiger partial charge in [-0.1, -0.05) is 19.6 Å². The summed E-state index contributed by atoms with van der Waals surface area (Å²) in [5.41, 5.74) is 0.752. The van der Waals surface area contributed by atoms with Crippen molar-refractivity contribution < 1.29 is 0 Å². The first-order valence-corrected chi connectivity index (χ1v) is 6.50. The second-order valence-corrected chi connectivity index (χ2v) is 7.99. The first-order chi connectivity index (χ1) is 4.61. The summed E-state index contributed by atoms with van der Waals surface area (Å²) in [5, 5.41) is 17.6. The van der Waals surface area contributed by atoms with E-state index in [0.29, 0.717) is 0 Å². The van der Waals surface area contributed by atoms with Crippen molar-refractivity contribution in [1.82, 2.24) is 25.8 Å². The van der Waals surface area contributed by atoms with Crippen LogP contribution in [0.1, 0.15) is 0 Å². The Bertz CT molecular complexity index is 205. The topological polar surface area (TPSA) is 64.5 Å². The van der Waals surface area contributed by atoms with E-state index in [1.807, 2.05) is 0 Å². The van der Waals surface area contributed by atoms with Gasteiger partial charge in [0.05, 0.1) is 0 Å². The predicted octanol–water partition coefficient (Wildman–Crippen LogP) is -0.793. The third kappa shape index (κ3) is 1.53. The number of aromatic nitrogens is 5. The Kier molecular flexibility index (Phi) is 1.71. The second kappa shape index (κ2) is 2.37. The second-order valence-electron chi connectivity index (χ2n) is 3.04. The van der Waals surface area contributed by atoms with E-state index in [2.05, 4.69) is 45.5 Å². The van der Waals surface area contributed by atoms with Gasteiger partial charge in [-0.05, 0) is 15.6 Å². The number of rotatable bonds is 1. The first kappa shape index (κ1) is 7.20. The molecule has 0 unspecified atom stereocenters. The van der Waals surface area contributed by atoms with Crippen LogP contribution in [-0.4, -0.2) is 33.9 Å². The van der Waals surface area contributed by atoms with Crippen LogP contribution in [0.15, 0.2) is 0 Å². The maximum Gasteiger partial charge on any atom is 0.153 e. The van der Waals surface area contributed by atoms with Crippen LogP contribution < -0.4 is 5.45 Å². The third-order valence-corrected chi connectivity index (χ3v) is 2.57. The lowest BCUT2D eigenvalue weighted by Gasteiger charge is -2.09. The first-order valence-electron chi connectivity index (χ1n) is 3.00. The van der Waals surface area contributed by atoms with Gasteiger partial charge in [0, 0.05) is 0 Å². The average Bonchev–Trinajstić information content (AvgIpc) is 1.88. The van der Waals surface area contributed by atoms with E-state index in [9.17, 15) is 0 Å². The Morgan fingerprint density at radius 1 is 0.900 bits per heavy atom. The molecular weight excluding hydrogens is 146 g/mol. The van der Waals surface area contributed by atoms with Crippen molar-refractivity contribution >= 4 is 13.5 Å². The quantitative estimate of drug-likeness (QED) is 0.497. The summed E-state index contributed by atoms with van der Waals surface area (Å²) in [6.07, 6.45) is 0. The summed E-state index contributed by atoms with van der Waals surface area (Å²) in [4.78, 5) is 0. The molecule has 0 spiro atoms. The molecule has 0 aliphatic carbocycles. The van der Waals surface area contributed by atoms with E-state index in [-0.39, 0.29) is 0 Å². The number of hydrogen-bond acceptors (Lipinski definition) is 5. The highest BCUT2D eigenvalue weighted by atomic mass is 28.3. The summed E-state index contributed by atoms with van der Waals surface area (Å²) in [6.45, 7) is 6.39. The fourth-order valence-electron chi connectivity index (χ4n) is 0.463. The molecule has 1 aromatic heterocycles. The third-order valence-electron chi connectivity index (χ3n) is 1.03. The minimum Gasteiger partial charge on any atom is -0.117 e. The molecule has 0 bridgehead atoms. The minimum absolute atomic E-state index is 0.752. The Morgan fingerprint density at radius 3 is 1.70 bits per heavy atom. The normalized spacial score (nSPS) is 11.5. The van der Waals surface area contributed by atoms with Crippen LogP contribution in [0.3, 0.4) is 0 Å². The lowest BCUT2D eigenvalue weighted by molar-refractivity contribution is 0.696. The zero-order valence-corrected chi connectivity index (χ0v) is 7.24. The van der Waals surface area contributed by atoms with Gasteiger partial charge in [-0.3, -0.25) is 0 Å². The van der Waals surface area contributed by atoms with E-state index in [1.54, 1.807) is 0 Å². The van der Waals surface area contributed by atoms with Crippen molar-refractivity contribution in [3.63, 3.8) is 0 Å². The zero-order chi connectivity index (χ0) is 7.61. The van der Waals surface area contributed by atoms with E-state index in [4.69, 9.17) is 0 Å². The highest BCUT2D eigenvalue weighted by molar-refractivity contribution is 6.87. The maximum atomic E-state index is 3.78. The molecule has 0 amide bonds. The zero-order valence-electron chi connectivity index (χ0n) is 6.24. The average molecular weight is 155 g/mol. The van der Waals surface area contributed by atoms with Crippen molar-refractivity contribution in [2.24, 2.45) is 0 Å². The fourth-order valence-corrected chi connectivity index (χ4v) is 1.15. The summed E-state index contributed by atoms with van der Waals surface area (Å²) in [5.74, 6) is 0. The van der Waals surface area contributed by atoms with E-state index in [1.165, 1.54) is 0 Å². The smallest absolute Gasteiger partial charge is 0.117 e. The largest absolute Gasteiger partial charge is 0.153 e. The standard InChI is InChI=1S/C4H9N5Si/c1-10(2,3)4-5-7-9-8-6-4/h1-3H3. The van der Waals surface area contributed by atoms with Crippen LogP contribution in [0.25, 0.3) is 0 Å². The van der Waals surface area contributed by atoms with Crippen molar-refractivity contribution in [3.8, 4) is 0 Å². The van der Waals surface area contributed by atoms with Gasteiger partial charge in [-0.25, -0.2) is 0 Å². The summed E-state index contributed by atoms with van der Waals surface area (Å²) < 4.78 is 0. The van der Waals surface area contributed by atoms with Gasteiger partial charge >= 0.3 is 0 Å². The van der Waals surface area contributed by atoms with Crippen molar-refractivity contribution in [2.75, 3.05) is 0 Å². The molecule has 10 heavy (non-hydrogen) atoms. The molecule has 0 aliphatic heterocycles. The van der Waals surface area contributed by atoms with Gasteiger partial charge < -0.3 is 0 Å². The minimum atomic E-state index is -1.42. The molecule has 0 atom stereocenters. The van der Waals surface area contributed by atoms with Crippen molar-refractivity contribution in [1.29, 1.82) is 0 Å². The molecule has 0 saturated carbocycles. The molecule has 1 heterocycles. The molecule has 0 N–H and O–H groups in total. The number of nitrogens with zero attached hydrogens (tertiary/aromatic N) is 5. The highest BCUT2D eigenvalue weighted by Crippen LogP contribution is 1.94. The van der Waals surface area contributed by atoms with E-state index in [0.717, 1.165) is 5.45 Å². The maximum absolute atomic E-state index is 3.78. The van der Waals surface area contributed by atoms with Gasteiger partial charge in [-0.2, -0.15) is 0 Å². The van der Waals surface area contributed by atoms with Gasteiger partial charge in [0.2, 0.25) is 0 Å². The molecule has 1 aromatic rings. The van der Waals surface area contributed by atoms with Gasteiger partial charge in [0.15, 0.2) is 5.45 Å². The predicted molar refractivity (Wildman–Crippen MR) is 38.4 cm³/mol. The molecule has 0 saturated heterocycles. The molecule has 0 fully saturated rings. The molecule has 0 radical (unpaired) electrons. The molecule has 54 valence electrons. The van der Waals surface area contributed by atoms with Gasteiger partial charge in [-0.15, -0.1) is 10.2 Å². The van der Waals surface area contributed by atoms with Crippen LogP contribution in [0.5, 0.6) is 0 Å². The van der Waals surface area contributed by atoms with E-state index >= 15 is 0 Å². The summed E-state index contributed by atoms with van der Waals surface area (Å²) in [7, 11) is -1.42. The SMILES string of the molecule is C[Si](C)(C)c1nnnnn1. The monoisotopic (exact) mass is 155 g/mol. The Hall–Kier alpha value is -0.913. The highest BCUT2D eigenvalue weighted by Gasteiger charge is 2.20. The van der Waals surface area contributed by atoms with Crippen LogP contribution in [0.4, 0.5) is 0 Å². The summed E-state index contributed by atoms with van der Waals surface area (Å²) >= 11 is 0. The van der Waals surface area contributed by atoms with Crippen LogP contribution in [0.2, 0.25) is 19.6 Å². The molecule has 0 aliphatic rings. The van der Waals surface area contributed by atoms with Crippen LogP contribution in [0, 0.1) is 0 Å². The van der Waals surface area contributed by atoms with E-state index < -0.39 is 8.07 Å². The van der Waals surface area contributed by atoms with Gasteiger partial charge in [0.25, 0.3) is 0 Å². The Morgan fingerprint density at radius 2 is 1.40 bits per heavy atom. The van der Waals surface area contributed by atoms with Crippen molar-refractivity contribution in [3.05, 3.63) is 0 Å². The summed E-state index contributed by atoms with van der Waals surface area (Å²) in [6, 6.07) is 0. The van der Waals surface area contributed by atoms with Gasteiger partial charge in [0.1, 0.15) is 8.07 Å². The molecule has 0 aromatic carbocycles. The number of hydrogen-bond donors (Lipinski definition) is 0. The van der Waals surface area contributed by atoms with Crippen LogP contribution in [-0.2, 0) is 0 Å².